The first-order valence-corrected chi connectivity index (χ1v) is 7.28. The van der Waals surface area contributed by atoms with E-state index in [4.69, 9.17) is 9.05 Å². The lowest BCUT2D eigenvalue weighted by molar-refractivity contribution is 0.267. The lowest BCUT2D eigenvalue weighted by atomic mass is 10.4. The van der Waals surface area contributed by atoms with Crippen LogP contribution in [0.2, 0.25) is 0 Å². The third kappa shape index (κ3) is 2.31. The van der Waals surface area contributed by atoms with Crippen molar-refractivity contribution < 1.29 is 22.0 Å². The van der Waals surface area contributed by atoms with Gasteiger partial charge in [0.05, 0.1) is 17.2 Å². The van der Waals surface area contributed by atoms with E-state index in [1.165, 1.54) is 14.2 Å². The van der Waals surface area contributed by atoms with Crippen LogP contribution in [-0.4, -0.2) is 39.8 Å². The van der Waals surface area contributed by atoms with E-state index in [-0.39, 0.29) is 11.5 Å². The van der Waals surface area contributed by atoms with Gasteiger partial charge in [0, 0.05) is 14.2 Å². The molecule has 7 heteroatoms. The van der Waals surface area contributed by atoms with Crippen molar-refractivity contribution in [2.24, 2.45) is 0 Å². The van der Waals surface area contributed by atoms with E-state index in [1.807, 2.05) is 0 Å². The molecule has 78 valence electrons. The zero-order chi connectivity index (χ0) is 10.1. The lowest BCUT2D eigenvalue weighted by Gasteiger charge is -2.18. The standard InChI is InChI=1S/C6H13O5PS/c1-10-12(7,11-2)6-3-4-13(8,9)5-6/h6H,3-5H2,1-2H3/t6-/m0/s1. The van der Waals surface area contributed by atoms with Gasteiger partial charge in [0.15, 0.2) is 9.84 Å². The highest BCUT2D eigenvalue weighted by Gasteiger charge is 2.42. The molecular weight excluding hydrogens is 215 g/mol. The first-order valence-electron chi connectivity index (χ1n) is 3.85. The van der Waals surface area contributed by atoms with Crippen LogP contribution >= 0.6 is 7.60 Å². The molecule has 0 aromatic rings. The van der Waals surface area contributed by atoms with Crippen molar-refractivity contribution >= 4 is 17.4 Å². The first kappa shape index (κ1) is 11.2. The van der Waals surface area contributed by atoms with Gasteiger partial charge in [0.1, 0.15) is 0 Å². The molecule has 1 saturated heterocycles. The van der Waals surface area contributed by atoms with Crippen LogP contribution in [0.3, 0.4) is 0 Å². The van der Waals surface area contributed by atoms with Crippen molar-refractivity contribution in [2.45, 2.75) is 12.1 Å². The highest BCUT2D eigenvalue weighted by Crippen LogP contribution is 2.54. The second kappa shape index (κ2) is 3.69. The largest absolute Gasteiger partial charge is 0.334 e. The van der Waals surface area contributed by atoms with Gasteiger partial charge < -0.3 is 9.05 Å². The molecule has 5 nitrogen and oxygen atoms in total. The van der Waals surface area contributed by atoms with Gasteiger partial charge in [-0.2, -0.15) is 0 Å². The fourth-order valence-electron chi connectivity index (χ4n) is 1.40. The maximum Gasteiger partial charge on any atom is 0.334 e. The summed E-state index contributed by atoms with van der Waals surface area (Å²) in [7, 11) is -3.67. The molecule has 0 N–H and O–H groups in total. The van der Waals surface area contributed by atoms with Gasteiger partial charge >= 0.3 is 7.60 Å². The molecule has 0 amide bonds. The molecule has 1 heterocycles. The molecule has 0 radical (unpaired) electrons. The molecule has 0 bridgehead atoms. The maximum absolute atomic E-state index is 11.7. The average molecular weight is 228 g/mol. The highest BCUT2D eigenvalue weighted by molar-refractivity contribution is 7.92. The number of sulfone groups is 1. The Labute approximate surface area is 77.9 Å². The predicted octanol–water partition coefficient (Wildman–Crippen LogP) is 0.659. The van der Waals surface area contributed by atoms with E-state index in [9.17, 15) is 13.0 Å². The summed E-state index contributed by atoms with van der Waals surface area (Å²) in [6, 6.07) is 0. The minimum atomic E-state index is -3.19. The van der Waals surface area contributed by atoms with Crippen molar-refractivity contribution in [3.63, 3.8) is 0 Å². The van der Waals surface area contributed by atoms with Gasteiger partial charge in [-0.3, -0.25) is 4.57 Å². The molecule has 0 aliphatic carbocycles. The zero-order valence-corrected chi connectivity index (χ0v) is 9.31. The Balaban J connectivity index is 2.81. The Hall–Kier alpha value is 0.100. The minimum absolute atomic E-state index is 0.0778. The average Bonchev–Trinajstić information content (AvgIpc) is 2.45. The molecule has 1 rings (SSSR count). The van der Waals surface area contributed by atoms with Crippen LogP contribution in [0.5, 0.6) is 0 Å². The molecule has 0 spiro atoms. The second-order valence-corrected chi connectivity index (χ2v) is 7.73. The van der Waals surface area contributed by atoms with Gasteiger partial charge in [0.2, 0.25) is 0 Å². The maximum atomic E-state index is 11.7. The molecule has 1 atom stereocenters. The molecular formula is C6H13O5PS. The minimum Gasteiger partial charge on any atom is -0.312 e. The molecule has 1 aliphatic heterocycles. The van der Waals surface area contributed by atoms with Crippen LogP contribution in [0.25, 0.3) is 0 Å². The number of hydrogen-bond acceptors (Lipinski definition) is 5. The van der Waals surface area contributed by atoms with Crippen LogP contribution in [0.15, 0.2) is 0 Å². The second-order valence-electron chi connectivity index (χ2n) is 2.96. The SMILES string of the molecule is COP(=O)(OC)[C@H]1CCS(=O)(=O)C1. The molecule has 1 fully saturated rings. The van der Waals surface area contributed by atoms with Gasteiger partial charge in [-0.1, -0.05) is 0 Å². The Bertz CT molecular complexity index is 314. The summed E-state index contributed by atoms with van der Waals surface area (Å²) in [6.45, 7) is 0. The highest BCUT2D eigenvalue weighted by atomic mass is 32.2. The van der Waals surface area contributed by atoms with E-state index in [2.05, 4.69) is 0 Å². The Morgan fingerprint density at radius 1 is 1.31 bits per heavy atom. The normalized spacial score (nSPS) is 27.7. The Morgan fingerprint density at radius 3 is 2.15 bits per heavy atom. The van der Waals surface area contributed by atoms with Crippen molar-refractivity contribution in [1.82, 2.24) is 0 Å². The van der Waals surface area contributed by atoms with Crippen LogP contribution in [0.4, 0.5) is 0 Å². The summed E-state index contributed by atoms with van der Waals surface area (Å²) in [6.07, 6.45) is 0.362. The van der Waals surface area contributed by atoms with Crippen LogP contribution in [0, 0.1) is 0 Å². The molecule has 0 aromatic heterocycles. The Morgan fingerprint density at radius 2 is 1.85 bits per heavy atom. The third-order valence-electron chi connectivity index (χ3n) is 2.16. The van der Waals surface area contributed by atoms with Crippen molar-refractivity contribution in [1.29, 1.82) is 0 Å². The molecule has 0 unspecified atom stereocenters. The van der Waals surface area contributed by atoms with E-state index in [1.54, 1.807) is 0 Å². The molecule has 1 aliphatic rings. The summed E-state index contributed by atoms with van der Waals surface area (Å²) in [4.78, 5) is 0. The van der Waals surface area contributed by atoms with E-state index >= 15 is 0 Å². The summed E-state index contributed by atoms with van der Waals surface area (Å²) in [5.74, 6) is -0.0136. The van der Waals surface area contributed by atoms with Crippen molar-refractivity contribution in [2.75, 3.05) is 25.7 Å². The predicted molar refractivity (Wildman–Crippen MR) is 48.7 cm³/mol. The fraction of sp³-hybridized carbons (Fsp3) is 1.00. The summed E-state index contributed by atoms with van der Waals surface area (Å²) in [5, 5.41) is 0. The quantitative estimate of drug-likeness (QED) is 0.663. The van der Waals surface area contributed by atoms with Crippen molar-refractivity contribution in [3.8, 4) is 0 Å². The van der Waals surface area contributed by atoms with E-state index < -0.39 is 23.1 Å². The molecule has 0 saturated carbocycles. The van der Waals surface area contributed by atoms with Crippen LogP contribution < -0.4 is 0 Å². The van der Waals surface area contributed by atoms with E-state index in [0.29, 0.717) is 6.42 Å². The fourth-order valence-corrected chi connectivity index (χ4v) is 5.74. The molecule has 13 heavy (non-hydrogen) atoms. The summed E-state index contributed by atoms with van der Waals surface area (Å²) < 4.78 is 43.4. The smallest absolute Gasteiger partial charge is 0.312 e. The van der Waals surface area contributed by atoms with Crippen LogP contribution in [0.1, 0.15) is 6.42 Å². The van der Waals surface area contributed by atoms with Gasteiger partial charge in [-0.15, -0.1) is 0 Å². The first-order chi connectivity index (χ1) is 5.93. The van der Waals surface area contributed by atoms with Crippen LogP contribution in [-0.2, 0) is 23.4 Å². The Kier molecular flexibility index (Phi) is 3.17. The summed E-state index contributed by atoms with van der Waals surface area (Å²) >= 11 is 0. The topological polar surface area (TPSA) is 69.7 Å². The van der Waals surface area contributed by atoms with Gasteiger partial charge in [-0.05, 0) is 6.42 Å². The number of rotatable bonds is 3. The third-order valence-corrected chi connectivity index (χ3v) is 6.53. The van der Waals surface area contributed by atoms with Crippen molar-refractivity contribution in [3.05, 3.63) is 0 Å². The van der Waals surface area contributed by atoms with Gasteiger partial charge in [-0.25, -0.2) is 8.42 Å². The molecule has 0 aromatic carbocycles. The van der Waals surface area contributed by atoms with Gasteiger partial charge in [0.25, 0.3) is 0 Å². The number of hydrogen-bond donors (Lipinski definition) is 0. The monoisotopic (exact) mass is 228 g/mol. The van der Waals surface area contributed by atoms with E-state index in [0.717, 1.165) is 0 Å². The summed E-state index contributed by atoms with van der Waals surface area (Å²) in [5.41, 5.74) is -0.493. The zero-order valence-electron chi connectivity index (χ0n) is 7.60. The lowest BCUT2D eigenvalue weighted by Crippen LogP contribution is -2.12.